The first-order valence-corrected chi connectivity index (χ1v) is 9.39. The van der Waals surface area contributed by atoms with Crippen molar-refractivity contribution in [2.24, 2.45) is 0 Å². The normalized spacial score (nSPS) is 10.7. The average molecular weight is 450 g/mol. The Labute approximate surface area is 181 Å². The lowest BCUT2D eigenvalue weighted by Gasteiger charge is -2.18. The minimum absolute atomic E-state index is 0.0160. The van der Waals surface area contributed by atoms with Crippen LogP contribution in [0.2, 0.25) is 5.02 Å². The molecule has 2 aromatic carbocycles. The molecule has 0 aliphatic carbocycles. The highest BCUT2D eigenvalue weighted by Crippen LogP contribution is 2.35. The molecule has 0 unspecified atom stereocenters. The molecule has 3 rings (SSSR count). The minimum Gasteiger partial charge on any atom is -0.481 e. The number of anilines is 2. The molecule has 0 spiro atoms. The van der Waals surface area contributed by atoms with Gasteiger partial charge in [0.15, 0.2) is 0 Å². The molecule has 1 aromatic heterocycles. The summed E-state index contributed by atoms with van der Waals surface area (Å²) in [5, 5.41) is 12.6. The highest BCUT2D eigenvalue weighted by Gasteiger charge is 2.17. The average Bonchev–Trinajstić information content (AvgIpc) is 2.70. The Morgan fingerprint density at radius 1 is 1.19 bits per heavy atom. The molecule has 0 radical (unpaired) electrons. The number of carboxylic acid groups (broad SMARTS) is 1. The number of aromatic nitrogens is 1. The number of carboxylic acids is 1. The van der Waals surface area contributed by atoms with E-state index in [9.17, 15) is 13.6 Å². The molecule has 0 saturated heterocycles. The van der Waals surface area contributed by atoms with Gasteiger partial charge < -0.3 is 25.6 Å². The zero-order valence-electron chi connectivity index (χ0n) is 16.0. The number of hydrogen-bond acceptors (Lipinski definition) is 6. The summed E-state index contributed by atoms with van der Waals surface area (Å²) in [6.07, 6.45) is 2.49. The molecule has 10 heteroatoms. The highest BCUT2D eigenvalue weighted by molar-refractivity contribution is 6.31. The van der Waals surface area contributed by atoms with Crippen LogP contribution < -0.4 is 20.5 Å². The van der Waals surface area contributed by atoms with Crippen molar-refractivity contribution in [3.8, 4) is 17.2 Å². The molecule has 0 aliphatic heterocycles. The number of alkyl halides is 2. The van der Waals surface area contributed by atoms with E-state index in [1.54, 1.807) is 24.3 Å². The van der Waals surface area contributed by atoms with Crippen molar-refractivity contribution in [1.29, 1.82) is 0 Å². The van der Waals surface area contributed by atoms with Gasteiger partial charge in [-0.15, -0.1) is 0 Å². The Balaban J connectivity index is 1.95. The molecule has 0 fully saturated rings. The fourth-order valence-corrected chi connectivity index (χ4v) is 2.99. The van der Waals surface area contributed by atoms with Gasteiger partial charge in [-0.05, 0) is 36.4 Å². The van der Waals surface area contributed by atoms with Crippen LogP contribution in [-0.4, -0.2) is 22.7 Å². The fourth-order valence-electron chi connectivity index (χ4n) is 2.82. The standard InChI is InChI=1S/C21H18ClF2N3O4/c22-13-4-5-15(25)16(9-13)27-11-14-18(2-1-3-19(14)31-21(23)24)30-17-6-7-26-10-12(17)8-20(28)29/h1-7,9-10,21,27H,8,11,25H2,(H,28,29). The van der Waals surface area contributed by atoms with Gasteiger partial charge in [-0.1, -0.05) is 17.7 Å². The van der Waals surface area contributed by atoms with Gasteiger partial charge in [-0.2, -0.15) is 8.78 Å². The molecule has 7 nitrogen and oxygen atoms in total. The summed E-state index contributed by atoms with van der Waals surface area (Å²) < 4.78 is 36.4. The van der Waals surface area contributed by atoms with E-state index >= 15 is 0 Å². The summed E-state index contributed by atoms with van der Waals surface area (Å²) >= 11 is 6.00. The van der Waals surface area contributed by atoms with Gasteiger partial charge in [-0.25, -0.2) is 0 Å². The van der Waals surface area contributed by atoms with Crippen molar-refractivity contribution in [2.45, 2.75) is 19.6 Å². The molecule has 0 bridgehead atoms. The summed E-state index contributed by atoms with van der Waals surface area (Å²) in [6, 6.07) is 10.7. The summed E-state index contributed by atoms with van der Waals surface area (Å²) in [5.74, 6) is -0.736. The quantitative estimate of drug-likeness (QED) is 0.397. The number of hydrogen-bond donors (Lipinski definition) is 3. The lowest BCUT2D eigenvalue weighted by atomic mass is 10.1. The van der Waals surface area contributed by atoms with Crippen LogP contribution in [-0.2, 0) is 17.8 Å². The van der Waals surface area contributed by atoms with Crippen molar-refractivity contribution in [3.63, 3.8) is 0 Å². The van der Waals surface area contributed by atoms with Gasteiger partial charge in [-0.3, -0.25) is 9.78 Å². The fraction of sp³-hybridized carbons (Fsp3) is 0.143. The second-order valence-corrected chi connectivity index (χ2v) is 6.79. The predicted molar refractivity (Wildman–Crippen MR) is 112 cm³/mol. The van der Waals surface area contributed by atoms with Crippen LogP contribution in [0.5, 0.6) is 17.2 Å². The molecule has 0 atom stereocenters. The molecule has 4 N–H and O–H groups in total. The van der Waals surface area contributed by atoms with Crippen molar-refractivity contribution in [2.75, 3.05) is 11.1 Å². The molecular formula is C21H18ClF2N3O4. The monoisotopic (exact) mass is 449 g/mol. The Morgan fingerprint density at radius 2 is 1.97 bits per heavy atom. The van der Waals surface area contributed by atoms with Crippen molar-refractivity contribution in [1.82, 2.24) is 4.98 Å². The number of benzene rings is 2. The van der Waals surface area contributed by atoms with Crippen LogP contribution in [0.3, 0.4) is 0 Å². The third-order valence-corrected chi connectivity index (χ3v) is 4.43. The second kappa shape index (κ2) is 9.94. The molecule has 0 amide bonds. The van der Waals surface area contributed by atoms with Crippen molar-refractivity contribution < 1.29 is 28.2 Å². The van der Waals surface area contributed by atoms with Gasteiger partial charge in [0.2, 0.25) is 0 Å². The maximum atomic E-state index is 13.0. The van der Waals surface area contributed by atoms with Gasteiger partial charge in [0.05, 0.1) is 23.4 Å². The van der Waals surface area contributed by atoms with E-state index in [1.165, 1.54) is 30.6 Å². The number of pyridine rings is 1. The number of nitrogens with zero attached hydrogens (tertiary/aromatic N) is 1. The maximum Gasteiger partial charge on any atom is 0.387 e. The first-order valence-electron chi connectivity index (χ1n) is 9.01. The summed E-state index contributed by atoms with van der Waals surface area (Å²) in [5.41, 5.74) is 7.45. The Kier molecular flexibility index (Phi) is 7.09. The Bertz CT molecular complexity index is 1080. The molecule has 0 saturated carbocycles. The highest BCUT2D eigenvalue weighted by atomic mass is 35.5. The molecule has 3 aromatic rings. The minimum atomic E-state index is -3.05. The topological polar surface area (TPSA) is 107 Å². The number of nitrogen functional groups attached to an aromatic ring is 1. The van der Waals surface area contributed by atoms with Crippen LogP contribution in [0, 0.1) is 0 Å². The lowest BCUT2D eigenvalue weighted by molar-refractivity contribution is -0.136. The first-order chi connectivity index (χ1) is 14.8. The Hall–Kier alpha value is -3.59. The zero-order chi connectivity index (χ0) is 22.4. The number of nitrogens with one attached hydrogen (secondary N) is 1. The van der Waals surface area contributed by atoms with Crippen molar-refractivity contribution >= 4 is 28.9 Å². The third kappa shape index (κ3) is 5.95. The SMILES string of the molecule is Nc1ccc(Cl)cc1NCc1c(Oc2ccncc2CC(=O)O)cccc1OC(F)F. The van der Waals surface area contributed by atoms with Gasteiger partial charge in [0, 0.05) is 29.5 Å². The number of nitrogens with two attached hydrogens (primary N) is 1. The third-order valence-electron chi connectivity index (χ3n) is 4.20. The second-order valence-electron chi connectivity index (χ2n) is 6.35. The number of halogens is 3. The predicted octanol–water partition coefficient (Wildman–Crippen LogP) is 4.95. The molecule has 31 heavy (non-hydrogen) atoms. The maximum absolute atomic E-state index is 13.0. The summed E-state index contributed by atoms with van der Waals surface area (Å²) in [4.78, 5) is 15.0. The van der Waals surface area contributed by atoms with Crippen molar-refractivity contribution in [3.05, 3.63) is 71.0 Å². The molecule has 0 aliphatic rings. The van der Waals surface area contributed by atoms with Crippen LogP contribution in [0.1, 0.15) is 11.1 Å². The summed E-state index contributed by atoms with van der Waals surface area (Å²) in [7, 11) is 0. The van der Waals surface area contributed by atoms with Crippen LogP contribution >= 0.6 is 11.6 Å². The lowest BCUT2D eigenvalue weighted by Crippen LogP contribution is -2.10. The summed E-state index contributed by atoms with van der Waals surface area (Å²) in [6.45, 7) is -3.03. The first kappa shape index (κ1) is 22.1. The molecule has 162 valence electrons. The van der Waals surface area contributed by atoms with Gasteiger partial charge in [0.1, 0.15) is 17.2 Å². The van der Waals surface area contributed by atoms with Gasteiger partial charge in [0.25, 0.3) is 0 Å². The van der Waals surface area contributed by atoms with Crippen LogP contribution in [0.15, 0.2) is 54.9 Å². The largest absolute Gasteiger partial charge is 0.481 e. The van der Waals surface area contributed by atoms with E-state index in [4.69, 9.17) is 27.2 Å². The smallest absolute Gasteiger partial charge is 0.387 e. The molecular weight excluding hydrogens is 432 g/mol. The number of carbonyl (C=O) groups is 1. The van der Waals surface area contributed by atoms with Gasteiger partial charge >= 0.3 is 12.6 Å². The van der Waals surface area contributed by atoms with E-state index in [2.05, 4.69) is 15.0 Å². The van der Waals surface area contributed by atoms with E-state index in [0.29, 0.717) is 22.0 Å². The number of rotatable bonds is 9. The van der Waals surface area contributed by atoms with E-state index in [-0.39, 0.29) is 35.8 Å². The molecule has 1 heterocycles. The van der Waals surface area contributed by atoms with E-state index in [0.717, 1.165) is 0 Å². The Morgan fingerprint density at radius 3 is 2.71 bits per heavy atom. The van der Waals surface area contributed by atoms with Crippen LogP contribution in [0.4, 0.5) is 20.2 Å². The zero-order valence-corrected chi connectivity index (χ0v) is 16.8. The number of aliphatic carboxylic acids is 1. The van der Waals surface area contributed by atoms with Crippen LogP contribution in [0.25, 0.3) is 0 Å². The number of ether oxygens (including phenoxy) is 2. The van der Waals surface area contributed by atoms with E-state index < -0.39 is 12.6 Å². The van der Waals surface area contributed by atoms with E-state index in [1.807, 2.05) is 0 Å².